The molecule has 168 valence electrons. The summed E-state index contributed by atoms with van der Waals surface area (Å²) in [7, 11) is 4.13. The Morgan fingerprint density at radius 1 is 1.15 bits per heavy atom. The van der Waals surface area contributed by atoms with Crippen molar-refractivity contribution < 1.29 is 4.79 Å². The zero-order valence-corrected chi connectivity index (χ0v) is 19.1. The summed E-state index contributed by atoms with van der Waals surface area (Å²) in [4.78, 5) is 30.7. The van der Waals surface area contributed by atoms with Crippen LogP contribution in [0.15, 0.2) is 61.1 Å². The highest BCUT2D eigenvalue weighted by molar-refractivity contribution is 5.96. The van der Waals surface area contributed by atoms with E-state index in [1.165, 1.54) is 0 Å². The Balaban J connectivity index is 1.34. The van der Waals surface area contributed by atoms with Gasteiger partial charge in [-0.3, -0.25) is 9.20 Å². The van der Waals surface area contributed by atoms with Crippen LogP contribution < -0.4 is 5.32 Å². The van der Waals surface area contributed by atoms with Crippen molar-refractivity contribution in [2.24, 2.45) is 0 Å². The summed E-state index contributed by atoms with van der Waals surface area (Å²) in [6.07, 6.45) is 6.52. The summed E-state index contributed by atoms with van der Waals surface area (Å²) in [5.41, 5.74) is 5.05. The normalized spacial score (nSPS) is 16.0. The van der Waals surface area contributed by atoms with Gasteiger partial charge in [0.2, 0.25) is 5.95 Å². The first-order chi connectivity index (χ1) is 16.0. The Hall–Kier alpha value is -3.78. The zero-order chi connectivity index (χ0) is 22.9. The highest BCUT2D eigenvalue weighted by Crippen LogP contribution is 2.24. The molecule has 0 spiro atoms. The molecule has 1 N–H and O–H groups in total. The Morgan fingerprint density at radius 3 is 2.82 bits per heavy atom. The second-order valence-electron chi connectivity index (χ2n) is 8.65. The van der Waals surface area contributed by atoms with E-state index < -0.39 is 0 Å². The quantitative estimate of drug-likeness (QED) is 0.510. The first kappa shape index (κ1) is 21.1. The third kappa shape index (κ3) is 4.17. The van der Waals surface area contributed by atoms with Gasteiger partial charge in [-0.05, 0) is 69.4 Å². The molecule has 1 aliphatic rings. The predicted molar refractivity (Wildman–Crippen MR) is 129 cm³/mol. The molecule has 1 amide bonds. The van der Waals surface area contributed by atoms with E-state index in [4.69, 9.17) is 0 Å². The Morgan fingerprint density at radius 2 is 2.03 bits per heavy atom. The molecule has 33 heavy (non-hydrogen) atoms. The van der Waals surface area contributed by atoms with Gasteiger partial charge in [0.05, 0.1) is 17.6 Å². The van der Waals surface area contributed by atoms with E-state index in [0.717, 1.165) is 53.4 Å². The number of benzene rings is 1. The number of amides is 1. The smallest absolute Gasteiger partial charge is 0.254 e. The van der Waals surface area contributed by atoms with Gasteiger partial charge in [0.25, 0.3) is 5.91 Å². The van der Waals surface area contributed by atoms with Gasteiger partial charge in [-0.1, -0.05) is 6.07 Å². The van der Waals surface area contributed by atoms with Crippen molar-refractivity contribution in [3.63, 3.8) is 0 Å². The lowest BCUT2D eigenvalue weighted by Crippen LogP contribution is -2.34. The Bertz CT molecular complexity index is 1310. The van der Waals surface area contributed by atoms with Gasteiger partial charge in [0.15, 0.2) is 0 Å². The van der Waals surface area contributed by atoms with Crippen molar-refractivity contribution >= 4 is 23.2 Å². The van der Waals surface area contributed by atoms with Crippen LogP contribution in [0.4, 0.5) is 11.6 Å². The summed E-state index contributed by atoms with van der Waals surface area (Å²) < 4.78 is 2.00. The van der Waals surface area contributed by atoms with Gasteiger partial charge in [0, 0.05) is 42.8 Å². The number of aromatic nitrogens is 4. The minimum atomic E-state index is 0.0919. The van der Waals surface area contributed by atoms with Crippen molar-refractivity contribution in [1.29, 1.82) is 0 Å². The number of carbonyl (C=O) groups is 1. The number of fused-ring (bicyclic) bond motifs is 1. The number of carbonyl (C=O) groups excluding carboxylic acids is 1. The number of pyridine rings is 1. The Kier molecular flexibility index (Phi) is 5.51. The van der Waals surface area contributed by atoms with Crippen molar-refractivity contribution in [2.45, 2.75) is 19.4 Å². The van der Waals surface area contributed by atoms with Crippen LogP contribution in [0.2, 0.25) is 0 Å². The molecule has 1 fully saturated rings. The summed E-state index contributed by atoms with van der Waals surface area (Å²) >= 11 is 0. The van der Waals surface area contributed by atoms with E-state index >= 15 is 0 Å². The number of likely N-dealkylation sites (N-methyl/N-ethyl adjacent to an activating group) is 1. The van der Waals surface area contributed by atoms with Crippen LogP contribution in [0.25, 0.3) is 17.0 Å². The third-order valence-electron chi connectivity index (χ3n) is 6.23. The van der Waals surface area contributed by atoms with Crippen LogP contribution in [-0.2, 0) is 0 Å². The molecular weight excluding hydrogens is 414 g/mol. The maximum atomic E-state index is 13.0. The number of hydrogen-bond acceptors (Lipinski definition) is 6. The predicted octanol–water partition coefficient (Wildman–Crippen LogP) is 3.62. The standard InChI is InChI=1S/C25H27N7O/c1-17-14-18(7-8-20(17)24(33)31-13-10-19(16-31)30(2)3)28-25-26-11-9-21(29-25)22-15-27-23-6-4-5-12-32(22)23/h4-9,11-12,14-15,19H,10,13,16H2,1-3H3,(H,26,28,29)/t19-/m0/s1. The highest BCUT2D eigenvalue weighted by atomic mass is 16.2. The number of nitrogens with zero attached hydrogens (tertiary/aromatic N) is 6. The zero-order valence-electron chi connectivity index (χ0n) is 19.1. The Labute approximate surface area is 192 Å². The lowest BCUT2D eigenvalue weighted by Gasteiger charge is -2.21. The molecule has 0 aliphatic carbocycles. The monoisotopic (exact) mass is 441 g/mol. The molecule has 4 aromatic rings. The number of anilines is 2. The number of imidazole rings is 1. The van der Waals surface area contributed by atoms with E-state index in [9.17, 15) is 4.79 Å². The van der Waals surface area contributed by atoms with Crippen molar-refractivity contribution in [1.82, 2.24) is 29.2 Å². The maximum absolute atomic E-state index is 13.0. The van der Waals surface area contributed by atoms with Gasteiger partial charge in [-0.15, -0.1) is 0 Å². The lowest BCUT2D eigenvalue weighted by atomic mass is 10.1. The molecule has 8 heteroatoms. The summed E-state index contributed by atoms with van der Waals surface area (Å²) in [5, 5.41) is 3.27. The molecule has 1 aromatic carbocycles. The molecular formula is C25H27N7O. The van der Waals surface area contributed by atoms with Gasteiger partial charge < -0.3 is 15.1 Å². The SMILES string of the molecule is Cc1cc(Nc2nccc(-c3cnc4ccccn34)n2)ccc1C(=O)N1CC[C@H](N(C)C)C1. The fraction of sp³-hybridized carbons (Fsp3) is 0.280. The van der Waals surface area contributed by atoms with Crippen LogP contribution >= 0.6 is 0 Å². The van der Waals surface area contributed by atoms with E-state index in [1.807, 2.05) is 71.1 Å². The van der Waals surface area contributed by atoms with Crippen molar-refractivity contribution in [2.75, 3.05) is 32.5 Å². The van der Waals surface area contributed by atoms with Crippen molar-refractivity contribution in [3.8, 4) is 11.4 Å². The number of aryl methyl sites for hydroxylation is 1. The van der Waals surface area contributed by atoms with Crippen LogP contribution in [0.1, 0.15) is 22.3 Å². The third-order valence-corrected chi connectivity index (χ3v) is 6.23. The topological polar surface area (TPSA) is 78.7 Å². The number of likely N-dealkylation sites (tertiary alicyclic amines) is 1. The molecule has 3 aromatic heterocycles. The summed E-state index contributed by atoms with van der Waals surface area (Å²) in [6, 6.07) is 13.9. The molecule has 0 unspecified atom stereocenters. The fourth-order valence-electron chi connectivity index (χ4n) is 4.31. The second kappa shape index (κ2) is 8.63. The molecule has 1 aliphatic heterocycles. The first-order valence-corrected chi connectivity index (χ1v) is 11.1. The largest absolute Gasteiger partial charge is 0.337 e. The number of rotatable bonds is 5. The second-order valence-corrected chi connectivity index (χ2v) is 8.65. The molecule has 1 saturated heterocycles. The van der Waals surface area contributed by atoms with Crippen LogP contribution in [0.3, 0.4) is 0 Å². The molecule has 0 radical (unpaired) electrons. The van der Waals surface area contributed by atoms with Crippen molar-refractivity contribution in [3.05, 3.63) is 72.2 Å². The van der Waals surface area contributed by atoms with Crippen LogP contribution in [-0.4, -0.2) is 68.3 Å². The summed E-state index contributed by atoms with van der Waals surface area (Å²) in [6.45, 7) is 3.54. The molecule has 0 bridgehead atoms. The molecule has 0 saturated carbocycles. The van der Waals surface area contributed by atoms with Gasteiger partial charge >= 0.3 is 0 Å². The minimum Gasteiger partial charge on any atom is -0.337 e. The molecule has 8 nitrogen and oxygen atoms in total. The molecule has 4 heterocycles. The minimum absolute atomic E-state index is 0.0919. The van der Waals surface area contributed by atoms with Gasteiger partial charge in [-0.2, -0.15) is 0 Å². The molecule has 5 rings (SSSR count). The number of nitrogens with one attached hydrogen (secondary N) is 1. The highest BCUT2D eigenvalue weighted by Gasteiger charge is 2.28. The maximum Gasteiger partial charge on any atom is 0.254 e. The van der Waals surface area contributed by atoms with Gasteiger partial charge in [0.1, 0.15) is 5.65 Å². The number of hydrogen-bond donors (Lipinski definition) is 1. The van der Waals surface area contributed by atoms with Gasteiger partial charge in [-0.25, -0.2) is 15.0 Å². The van der Waals surface area contributed by atoms with E-state index in [0.29, 0.717) is 12.0 Å². The molecule has 1 atom stereocenters. The average molecular weight is 442 g/mol. The van der Waals surface area contributed by atoms with E-state index in [2.05, 4.69) is 39.3 Å². The van der Waals surface area contributed by atoms with Crippen LogP contribution in [0.5, 0.6) is 0 Å². The van der Waals surface area contributed by atoms with E-state index in [1.54, 1.807) is 6.20 Å². The first-order valence-electron chi connectivity index (χ1n) is 11.1. The lowest BCUT2D eigenvalue weighted by molar-refractivity contribution is 0.0782. The summed E-state index contributed by atoms with van der Waals surface area (Å²) in [5.74, 6) is 0.583. The van der Waals surface area contributed by atoms with E-state index in [-0.39, 0.29) is 5.91 Å². The van der Waals surface area contributed by atoms with Crippen LogP contribution in [0, 0.1) is 6.92 Å². The average Bonchev–Trinajstić information content (AvgIpc) is 3.47. The fourth-order valence-corrected chi connectivity index (χ4v) is 4.31.